The van der Waals surface area contributed by atoms with E-state index in [-0.39, 0.29) is 11.9 Å². The molecule has 2 aromatic heterocycles. The van der Waals surface area contributed by atoms with Crippen molar-refractivity contribution in [3.8, 4) is 16.8 Å². The van der Waals surface area contributed by atoms with Gasteiger partial charge in [0.15, 0.2) is 0 Å². The van der Waals surface area contributed by atoms with Crippen LogP contribution in [-0.2, 0) is 0 Å². The quantitative estimate of drug-likeness (QED) is 0.610. The predicted molar refractivity (Wildman–Crippen MR) is 96.9 cm³/mol. The molecule has 0 aliphatic heterocycles. The molecule has 1 unspecified atom stereocenters. The van der Waals surface area contributed by atoms with Gasteiger partial charge in [0.25, 0.3) is 0 Å². The lowest BCUT2D eigenvalue weighted by Gasteiger charge is -2.09. The van der Waals surface area contributed by atoms with Gasteiger partial charge in [-0.05, 0) is 48.4 Å². The average molecular weight is 332 g/mol. The molecule has 0 fully saturated rings. The van der Waals surface area contributed by atoms with Gasteiger partial charge in [-0.15, -0.1) is 0 Å². The monoisotopic (exact) mass is 332 g/mol. The second-order valence-electron chi connectivity index (χ2n) is 6.06. The molecule has 0 radical (unpaired) electrons. The van der Waals surface area contributed by atoms with Crippen molar-refractivity contribution in [1.82, 2.24) is 14.5 Å². The Hall–Kier alpha value is -3.05. The van der Waals surface area contributed by atoms with Gasteiger partial charge in [-0.25, -0.2) is 9.37 Å². The highest BCUT2D eigenvalue weighted by molar-refractivity contribution is 5.79. The predicted octanol–water partition coefficient (Wildman–Crippen LogP) is 4.25. The minimum Gasteiger partial charge on any atom is -0.324 e. The highest BCUT2D eigenvalue weighted by Crippen LogP contribution is 2.26. The van der Waals surface area contributed by atoms with Gasteiger partial charge in [0.05, 0.1) is 17.2 Å². The Bertz CT molecular complexity index is 1050. The molecule has 4 aromatic rings. The summed E-state index contributed by atoms with van der Waals surface area (Å²) in [5.74, 6) is -0.336. The van der Waals surface area contributed by atoms with Gasteiger partial charge in [0.2, 0.25) is 0 Å². The van der Waals surface area contributed by atoms with Crippen LogP contribution >= 0.6 is 0 Å². The van der Waals surface area contributed by atoms with E-state index in [1.54, 1.807) is 18.6 Å². The SMILES string of the molecule is CC(N)c1ccc2c(c1)ncn2-c1cccc(-c2ccncc2F)c1. The fraction of sp³-hybridized carbons (Fsp3) is 0.100. The maximum atomic E-state index is 14.0. The lowest BCUT2D eigenvalue weighted by molar-refractivity contribution is 0.625. The van der Waals surface area contributed by atoms with Crippen LogP contribution in [-0.4, -0.2) is 14.5 Å². The van der Waals surface area contributed by atoms with E-state index < -0.39 is 0 Å². The van der Waals surface area contributed by atoms with Crippen molar-refractivity contribution in [3.63, 3.8) is 0 Å². The number of halogens is 1. The lowest BCUT2D eigenvalue weighted by Crippen LogP contribution is -2.04. The lowest BCUT2D eigenvalue weighted by atomic mass is 10.1. The number of aromatic nitrogens is 3. The number of rotatable bonds is 3. The Morgan fingerprint density at radius 3 is 2.80 bits per heavy atom. The third-order valence-corrected chi connectivity index (χ3v) is 4.30. The van der Waals surface area contributed by atoms with Gasteiger partial charge in [0.1, 0.15) is 12.1 Å². The van der Waals surface area contributed by atoms with Crippen molar-refractivity contribution in [1.29, 1.82) is 0 Å². The van der Waals surface area contributed by atoms with Crippen molar-refractivity contribution in [2.24, 2.45) is 5.73 Å². The van der Waals surface area contributed by atoms with Gasteiger partial charge < -0.3 is 5.73 Å². The Morgan fingerprint density at radius 2 is 2.00 bits per heavy atom. The highest BCUT2D eigenvalue weighted by atomic mass is 19.1. The van der Waals surface area contributed by atoms with Crippen LogP contribution in [0.25, 0.3) is 27.8 Å². The normalized spacial score (nSPS) is 12.4. The number of nitrogens with two attached hydrogens (primary N) is 1. The largest absolute Gasteiger partial charge is 0.324 e. The molecule has 1 atom stereocenters. The topological polar surface area (TPSA) is 56.7 Å². The molecule has 0 saturated heterocycles. The molecular weight excluding hydrogens is 315 g/mol. The summed E-state index contributed by atoms with van der Waals surface area (Å²) < 4.78 is 16.0. The zero-order valence-corrected chi connectivity index (χ0v) is 13.7. The van der Waals surface area contributed by atoms with Gasteiger partial charge in [-0.1, -0.05) is 18.2 Å². The van der Waals surface area contributed by atoms with Crippen LogP contribution in [0, 0.1) is 5.82 Å². The zero-order valence-electron chi connectivity index (χ0n) is 13.7. The molecule has 0 saturated carbocycles. The van der Waals surface area contributed by atoms with E-state index in [0.29, 0.717) is 5.56 Å². The zero-order chi connectivity index (χ0) is 17.4. The van der Waals surface area contributed by atoms with Crippen LogP contribution in [0.4, 0.5) is 4.39 Å². The maximum Gasteiger partial charge on any atom is 0.149 e. The Kier molecular flexibility index (Phi) is 3.78. The van der Waals surface area contributed by atoms with E-state index >= 15 is 0 Å². The number of fused-ring (bicyclic) bond motifs is 1. The number of hydrogen-bond acceptors (Lipinski definition) is 3. The molecule has 2 aromatic carbocycles. The number of nitrogens with zero attached hydrogens (tertiary/aromatic N) is 3. The van der Waals surface area contributed by atoms with Crippen molar-refractivity contribution in [2.75, 3.05) is 0 Å². The van der Waals surface area contributed by atoms with Crippen molar-refractivity contribution < 1.29 is 4.39 Å². The number of hydrogen-bond donors (Lipinski definition) is 1. The molecule has 4 nitrogen and oxygen atoms in total. The first-order valence-electron chi connectivity index (χ1n) is 8.06. The molecule has 0 aliphatic carbocycles. The molecule has 5 heteroatoms. The van der Waals surface area contributed by atoms with Crippen molar-refractivity contribution >= 4 is 11.0 Å². The molecule has 25 heavy (non-hydrogen) atoms. The fourth-order valence-electron chi connectivity index (χ4n) is 2.95. The average Bonchev–Trinajstić information content (AvgIpc) is 3.05. The summed E-state index contributed by atoms with van der Waals surface area (Å²) in [6.07, 6.45) is 4.59. The molecule has 124 valence electrons. The van der Waals surface area contributed by atoms with Gasteiger partial charge in [-0.3, -0.25) is 9.55 Å². The molecule has 4 rings (SSSR count). The molecule has 2 N–H and O–H groups in total. The summed E-state index contributed by atoms with van der Waals surface area (Å²) in [6, 6.07) is 15.4. The third-order valence-electron chi connectivity index (χ3n) is 4.30. The molecule has 0 aliphatic rings. The van der Waals surface area contributed by atoms with Crippen molar-refractivity contribution in [3.05, 3.63) is 78.6 Å². The van der Waals surface area contributed by atoms with Gasteiger partial charge in [0, 0.05) is 23.5 Å². The van der Waals surface area contributed by atoms with Crippen molar-refractivity contribution in [2.45, 2.75) is 13.0 Å². The van der Waals surface area contributed by atoms with E-state index in [2.05, 4.69) is 9.97 Å². The van der Waals surface area contributed by atoms with Crippen LogP contribution < -0.4 is 5.73 Å². The standard InChI is InChI=1S/C20H17FN4/c1-13(22)14-5-6-20-19(10-14)24-12-25(20)16-4-2-3-15(9-16)17-7-8-23-11-18(17)21/h2-13H,22H2,1H3. The summed E-state index contributed by atoms with van der Waals surface area (Å²) >= 11 is 0. The second kappa shape index (κ2) is 6.11. The Labute approximate surface area is 144 Å². The molecule has 0 amide bonds. The minimum atomic E-state index is -0.336. The molecule has 0 bridgehead atoms. The van der Waals surface area contributed by atoms with E-state index in [1.165, 1.54) is 6.20 Å². The van der Waals surface area contributed by atoms with Crippen LogP contribution in [0.3, 0.4) is 0 Å². The number of imidazole rings is 1. The highest BCUT2D eigenvalue weighted by Gasteiger charge is 2.10. The van der Waals surface area contributed by atoms with E-state index in [4.69, 9.17) is 5.73 Å². The summed E-state index contributed by atoms with van der Waals surface area (Å²) in [5, 5.41) is 0. The first-order valence-corrected chi connectivity index (χ1v) is 8.06. The summed E-state index contributed by atoms with van der Waals surface area (Å²) in [4.78, 5) is 8.29. The molecule has 0 spiro atoms. The summed E-state index contributed by atoms with van der Waals surface area (Å²) in [6.45, 7) is 1.95. The molecule has 2 heterocycles. The number of pyridine rings is 1. The van der Waals surface area contributed by atoms with E-state index in [1.807, 2.05) is 54.0 Å². The first kappa shape index (κ1) is 15.5. The first-order chi connectivity index (χ1) is 12.1. The minimum absolute atomic E-state index is 0.0347. The van der Waals surface area contributed by atoms with Gasteiger partial charge in [-0.2, -0.15) is 0 Å². The maximum absolute atomic E-state index is 14.0. The number of benzene rings is 2. The van der Waals surface area contributed by atoms with Crippen LogP contribution in [0.5, 0.6) is 0 Å². The Morgan fingerprint density at radius 1 is 1.12 bits per heavy atom. The summed E-state index contributed by atoms with van der Waals surface area (Å²) in [5.41, 5.74) is 11.1. The van der Waals surface area contributed by atoms with E-state index in [0.717, 1.165) is 27.8 Å². The van der Waals surface area contributed by atoms with Crippen LogP contribution in [0.15, 0.2) is 67.3 Å². The van der Waals surface area contributed by atoms with Crippen LogP contribution in [0.2, 0.25) is 0 Å². The molecular formula is C20H17FN4. The smallest absolute Gasteiger partial charge is 0.149 e. The second-order valence-corrected chi connectivity index (χ2v) is 6.06. The van der Waals surface area contributed by atoms with E-state index in [9.17, 15) is 4.39 Å². The Balaban J connectivity index is 1.82. The van der Waals surface area contributed by atoms with Crippen LogP contribution in [0.1, 0.15) is 18.5 Å². The fourth-order valence-corrected chi connectivity index (χ4v) is 2.95. The summed E-state index contributed by atoms with van der Waals surface area (Å²) in [7, 11) is 0. The third kappa shape index (κ3) is 2.79. The van der Waals surface area contributed by atoms with Gasteiger partial charge >= 0.3 is 0 Å².